The van der Waals surface area contributed by atoms with Gasteiger partial charge in [0.15, 0.2) is 0 Å². The van der Waals surface area contributed by atoms with E-state index in [0.717, 1.165) is 5.56 Å². The molecule has 0 saturated heterocycles. The number of hydrogen-bond acceptors (Lipinski definition) is 3. The lowest BCUT2D eigenvalue weighted by molar-refractivity contribution is -0.133. The second kappa shape index (κ2) is 6.57. The third-order valence-corrected chi connectivity index (χ3v) is 3.36. The van der Waals surface area contributed by atoms with E-state index in [9.17, 15) is 9.90 Å². The minimum absolute atomic E-state index is 0.0931. The van der Waals surface area contributed by atoms with E-state index in [2.05, 4.69) is 0 Å². The van der Waals surface area contributed by atoms with Gasteiger partial charge in [-0.2, -0.15) is 0 Å². The molecule has 0 bridgehead atoms. The Kier molecular flexibility index (Phi) is 5.36. The predicted molar refractivity (Wildman–Crippen MR) is 76.7 cm³/mol. The van der Waals surface area contributed by atoms with E-state index in [1.807, 2.05) is 32.9 Å². The van der Waals surface area contributed by atoms with Gasteiger partial charge in [-0.25, -0.2) is 0 Å². The summed E-state index contributed by atoms with van der Waals surface area (Å²) in [6.07, 6.45) is 0.663. The number of phenols is 1. The van der Waals surface area contributed by atoms with Crippen molar-refractivity contribution in [3.63, 3.8) is 0 Å². The van der Waals surface area contributed by atoms with Crippen LogP contribution in [0.25, 0.3) is 0 Å². The number of carbonyl (C=O) groups is 1. The van der Waals surface area contributed by atoms with Crippen molar-refractivity contribution in [2.75, 3.05) is 7.05 Å². The molecule has 4 nitrogen and oxygen atoms in total. The third-order valence-electron chi connectivity index (χ3n) is 3.36. The maximum Gasteiger partial charge on any atom is 0.239 e. The standard InChI is InChI=1S/C15H24N2O2/c1-10(2)9-13(16)15(19)17(4)11(3)12-7-5-6-8-14(12)18/h5-8,10-11,13,18H,9,16H2,1-4H3/t11?,13-/m1/s1. The van der Waals surface area contributed by atoms with Gasteiger partial charge in [-0.1, -0.05) is 32.0 Å². The van der Waals surface area contributed by atoms with Gasteiger partial charge in [0.25, 0.3) is 0 Å². The molecule has 0 aliphatic rings. The summed E-state index contributed by atoms with van der Waals surface area (Å²) in [5.74, 6) is 0.490. The number of carbonyl (C=O) groups excluding carboxylic acids is 1. The van der Waals surface area contributed by atoms with Crippen LogP contribution in [-0.2, 0) is 4.79 Å². The van der Waals surface area contributed by atoms with Crippen molar-refractivity contribution in [2.45, 2.75) is 39.3 Å². The molecule has 0 saturated carbocycles. The molecule has 19 heavy (non-hydrogen) atoms. The van der Waals surface area contributed by atoms with Crippen molar-refractivity contribution < 1.29 is 9.90 Å². The normalized spacial score (nSPS) is 14.2. The fourth-order valence-corrected chi connectivity index (χ4v) is 2.11. The Balaban J connectivity index is 2.80. The summed E-state index contributed by atoms with van der Waals surface area (Å²) >= 11 is 0. The van der Waals surface area contributed by atoms with Crippen molar-refractivity contribution in [3.8, 4) is 5.75 Å². The van der Waals surface area contributed by atoms with Gasteiger partial charge in [0, 0.05) is 12.6 Å². The maximum atomic E-state index is 12.2. The Bertz CT molecular complexity index is 432. The molecule has 2 atom stereocenters. The maximum absolute atomic E-state index is 12.2. The average Bonchev–Trinajstić information content (AvgIpc) is 2.36. The van der Waals surface area contributed by atoms with E-state index in [0.29, 0.717) is 12.3 Å². The molecule has 0 aliphatic heterocycles. The topological polar surface area (TPSA) is 66.6 Å². The molecule has 1 aromatic carbocycles. The van der Waals surface area contributed by atoms with Crippen LogP contribution in [0.3, 0.4) is 0 Å². The molecular formula is C15H24N2O2. The molecule has 3 N–H and O–H groups in total. The molecule has 0 spiro atoms. The number of amides is 1. The summed E-state index contributed by atoms with van der Waals surface area (Å²) in [5, 5.41) is 9.83. The highest BCUT2D eigenvalue weighted by Crippen LogP contribution is 2.27. The minimum atomic E-state index is -0.488. The van der Waals surface area contributed by atoms with E-state index >= 15 is 0 Å². The van der Waals surface area contributed by atoms with Crippen molar-refractivity contribution in [1.82, 2.24) is 4.90 Å². The van der Waals surface area contributed by atoms with Crippen LogP contribution < -0.4 is 5.73 Å². The van der Waals surface area contributed by atoms with Crippen molar-refractivity contribution >= 4 is 5.91 Å². The molecule has 1 amide bonds. The van der Waals surface area contributed by atoms with Gasteiger partial charge in [-0.05, 0) is 25.3 Å². The van der Waals surface area contributed by atoms with Gasteiger partial charge in [-0.15, -0.1) is 0 Å². The quantitative estimate of drug-likeness (QED) is 0.857. The molecule has 0 fully saturated rings. The van der Waals surface area contributed by atoms with E-state index in [1.54, 1.807) is 24.1 Å². The summed E-state index contributed by atoms with van der Waals surface area (Å²) in [6, 6.07) is 6.36. The summed E-state index contributed by atoms with van der Waals surface area (Å²) in [7, 11) is 1.72. The van der Waals surface area contributed by atoms with Gasteiger partial charge in [0.2, 0.25) is 5.91 Å². The lowest BCUT2D eigenvalue weighted by Gasteiger charge is -2.28. The van der Waals surface area contributed by atoms with Crippen LogP contribution in [0.4, 0.5) is 0 Å². The van der Waals surface area contributed by atoms with Crippen LogP contribution in [0.2, 0.25) is 0 Å². The van der Waals surface area contributed by atoms with E-state index < -0.39 is 6.04 Å². The Hall–Kier alpha value is -1.55. The van der Waals surface area contributed by atoms with Crippen LogP contribution in [0.5, 0.6) is 5.75 Å². The Labute approximate surface area is 115 Å². The highest BCUT2D eigenvalue weighted by atomic mass is 16.3. The molecule has 0 heterocycles. The number of hydrogen-bond donors (Lipinski definition) is 2. The van der Waals surface area contributed by atoms with Crippen LogP contribution in [0, 0.1) is 5.92 Å². The monoisotopic (exact) mass is 264 g/mol. The summed E-state index contributed by atoms with van der Waals surface area (Å²) in [6.45, 7) is 5.97. The predicted octanol–water partition coefficient (Wildman–Crippen LogP) is 2.29. The van der Waals surface area contributed by atoms with E-state index in [4.69, 9.17) is 5.73 Å². The first kappa shape index (κ1) is 15.5. The van der Waals surface area contributed by atoms with Crippen molar-refractivity contribution in [1.29, 1.82) is 0 Å². The van der Waals surface area contributed by atoms with Crippen LogP contribution in [-0.4, -0.2) is 29.0 Å². The zero-order chi connectivity index (χ0) is 14.6. The number of para-hydroxylation sites is 1. The zero-order valence-electron chi connectivity index (χ0n) is 12.1. The lowest BCUT2D eigenvalue weighted by atomic mass is 10.0. The molecule has 0 aromatic heterocycles. The number of likely N-dealkylation sites (N-methyl/N-ethyl adjacent to an activating group) is 1. The van der Waals surface area contributed by atoms with Gasteiger partial charge < -0.3 is 15.7 Å². The van der Waals surface area contributed by atoms with Crippen LogP contribution in [0.1, 0.15) is 38.8 Å². The third kappa shape index (κ3) is 3.96. The lowest BCUT2D eigenvalue weighted by Crippen LogP contribution is -2.43. The van der Waals surface area contributed by atoms with E-state index in [1.165, 1.54) is 0 Å². The molecule has 1 rings (SSSR count). The van der Waals surface area contributed by atoms with Crippen LogP contribution >= 0.6 is 0 Å². The molecule has 1 unspecified atom stereocenters. The molecular weight excluding hydrogens is 240 g/mol. The van der Waals surface area contributed by atoms with Crippen molar-refractivity contribution in [3.05, 3.63) is 29.8 Å². The SMILES string of the molecule is CC(C)C[C@@H](N)C(=O)N(C)C(C)c1ccccc1O. The average molecular weight is 264 g/mol. The molecule has 0 radical (unpaired) electrons. The fourth-order valence-electron chi connectivity index (χ4n) is 2.11. The Morgan fingerprint density at radius 2 is 1.89 bits per heavy atom. The number of nitrogens with zero attached hydrogens (tertiary/aromatic N) is 1. The summed E-state index contributed by atoms with van der Waals surface area (Å²) in [4.78, 5) is 13.8. The molecule has 0 aliphatic carbocycles. The molecule has 4 heteroatoms. The van der Waals surface area contributed by atoms with Gasteiger partial charge >= 0.3 is 0 Å². The second-order valence-corrected chi connectivity index (χ2v) is 5.42. The first-order valence-corrected chi connectivity index (χ1v) is 6.64. The smallest absolute Gasteiger partial charge is 0.239 e. The molecule has 106 valence electrons. The Morgan fingerprint density at radius 1 is 1.32 bits per heavy atom. The summed E-state index contributed by atoms with van der Waals surface area (Å²) < 4.78 is 0. The molecule has 1 aromatic rings. The Morgan fingerprint density at radius 3 is 2.42 bits per heavy atom. The van der Waals surface area contributed by atoms with Crippen LogP contribution in [0.15, 0.2) is 24.3 Å². The van der Waals surface area contributed by atoms with Gasteiger partial charge in [0.05, 0.1) is 12.1 Å². The van der Waals surface area contributed by atoms with Crippen molar-refractivity contribution in [2.24, 2.45) is 11.7 Å². The number of rotatable bonds is 5. The first-order chi connectivity index (χ1) is 8.84. The zero-order valence-corrected chi connectivity index (χ0v) is 12.1. The number of benzene rings is 1. The number of aromatic hydroxyl groups is 1. The highest BCUT2D eigenvalue weighted by molar-refractivity contribution is 5.81. The van der Waals surface area contributed by atoms with Gasteiger partial charge in [0.1, 0.15) is 5.75 Å². The highest BCUT2D eigenvalue weighted by Gasteiger charge is 2.24. The minimum Gasteiger partial charge on any atom is -0.508 e. The van der Waals surface area contributed by atoms with E-state index in [-0.39, 0.29) is 17.7 Å². The largest absolute Gasteiger partial charge is 0.508 e. The fraction of sp³-hybridized carbons (Fsp3) is 0.533. The second-order valence-electron chi connectivity index (χ2n) is 5.42. The van der Waals surface area contributed by atoms with Gasteiger partial charge in [-0.3, -0.25) is 4.79 Å². The number of phenolic OH excluding ortho intramolecular Hbond substituents is 1. The first-order valence-electron chi connectivity index (χ1n) is 6.64. The number of nitrogens with two attached hydrogens (primary N) is 1. The summed E-state index contributed by atoms with van der Waals surface area (Å²) in [5.41, 5.74) is 6.65.